The molecule has 4 rings (SSSR count). The third kappa shape index (κ3) is 5.97. The summed E-state index contributed by atoms with van der Waals surface area (Å²) in [6, 6.07) is 20.9. The molecule has 2 N–H and O–H groups in total. The van der Waals surface area contributed by atoms with Crippen molar-refractivity contribution in [2.24, 2.45) is 0 Å². The van der Waals surface area contributed by atoms with Crippen LogP contribution in [-0.4, -0.2) is 37.7 Å². The van der Waals surface area contributed by atoms with Crippen LogP contribution >= 0.6 is 0 Å². The first-order valence-electron chi connectivity index (χ1n) is 11.0. The maximum atomic E-state index is 12.5. The molecule has 33 heavy (non-hydrogen) atoms. The highest BCUT2D eigenvalue weighted by Crippen LogP contribution is 2.30. The summed E-state index contributed by atoms with van der Waals surface area (Å²) >= 11 is 0. The Kier molecular flexibility index (Phi) is 6.76. The normalized spacial score (nSPS) is 13.8. The number of rotatable bonds is 9. The van der Waals surface area contributed by atoms with Gasteiger partial charge >= 0.3 is 0 Å². The van der Waals surface area contributed by atoms with Gasteiger partial charge in [-0.25, -0.2) is 13.1 Å². The summed E-state index contributed by atoms with van der Waals surface area (Å²) < 4.78 is 26.0. The first kappa shape index (κ1) is 22.9. The van der Waals surface area contributed by atoms with Crippen LogP contribution in [0.3, 0.4) is 0 Å². The van der Waals surface area contributed by atoms with Gasteiger partial charge in [-0.3, -0.25) is 14.5 Å². The molecular weight excluding hydrogens is 438 g/mol. The molecule has 0 aliphatic heterocycles. The summed E-state index contributed by atoms with van der Waals surface area (Å²) in [5.74, 6) is -0.785. The van der Waals surface area contributed by atoms with Crippen LogP contribution in [-0.2, 0) is 26.2 Å². The Balaban J connectivity index is 1.36. The summed E-state index contributed by atoms with van der Waals surface area (Å²) in [6.45, 7) is 2.58. The first-order valence-corrected chi connectivity index (χ1v) is 12.4. The van der Waals surface area contributed by atoms with E-state index in [1.165, 1.54) is 40.6 Å². The number of amides is 2. The zero-order valence-corrected chi connectivity index (χ0v) is 19.3. The number of hydrogen-bond donors (Lipinski definition) is 2. The van der Waals surface area contributed by atoms with Crippen molar-refractivity contribution >= 4 is 38.3 Å². The Morgan fingerprint density at radius 1 is 0.970 bits per heavy atom. The molecule has 8 heteroatoms. The number of nitrogens with one attached hydrogen (secondary N) is 2. The maximum absolute atomic E-state index is 12.5. The third-order valence-electron chi connectivity index (χ3n) is 5.67. The van der Waals surface area contributed by atoms with Crippen LogP contribution in [0.1, 0.15) is 31.7 Å². The number of carbonyl (C=O) groups is 2. The van der Waals surface area contributed by atoms with Crippen LogP contribution in [0, 0.1) is 0 Å². The van der Waals surface area contributed by atoms with E-state index in [0.717, 1.165) is 26.3 Å². The molecule has 0 aromatic heterocycles. The number of anilines is 1. The highest BCUT2D eigenvalue weighted by atomic mass is 32.2. The van der Waals surface area contributed by atoms with Crippen LogP contribution in [0.15, 0.2) is 71.6 Å². The van der Waals surface area contributed by atoms with Crippen LogP contribution in [0.4, 0.5) is 5.69 Å². The average Bonchev–Trinajstić information content (AvgIpc) is 3.61. The molecule has 172 valence electrons. The van der Waals surface area contributed by atoms with Crippen molar-refractivity contribution in [3.8, 4) is 0 Å². The van der Waals surface area contributed by atoms with Crippen molar-refractivity contribution in [1.82, 2.24) is 9.62 Å². The van der Waals surface area contributed by atoms with Gasteiger partial charge in [-0.15, -0.1) is 0 Å². The van der Waals surface area contributed by atoms with Gasteiger partial charge in [0, 0.05) is 38.2 Å². The van der Waals surface area contributed by atoms with Crippen molar-refractivity contribution in [3.05, 3.63) is 72.3 Å². The van der Waals surface area contributed by atoms with Gasteiger partial charge in [-0.2, -0.15) is 0 Å². The molecule has 1 saturated carbocycles. The maximum Gasteiger partial charge on any atom is 0.264 e. The Morgan fingerprint density at radius 3 is 2.36 bits per heavy atom. The smallest absolute Gasteiger partial charge is 0.264 e. The molecule has 0 bridgehead atoms. The monoisotopic (exact) mass is 465 g/mol. The second-order valence-electron chi connectivity index (χ2n) is 8.32. The quantitative estimate of drug-likeness (QED) is 0.503. The Morgan fingerprint density at radius 2 is 1.67 bits per heavy atom. The van der Waals surface area contributed by atoms with Crippen LogP contribution in [0.25, 0.3) is 10.8 Å². The Bertz CT molecular complexity index is 1260. The molecule has 3 aromatic rings. The van der Waals surface area contributed by atoms with E-state index in [2.05, 4.69) is 40.5 Å². The molecule has 0 unspecified atom stereocenters. The molecule has 0 saturated heterocycles. The summed E-state index contributed by atoms with van der Waals surface area (Å²) in [4.78, 5) is 25.9. The minimum Gasteiger partial charge on any atom is -0.326 e. The number of carbonyl (C=O) groups excluding carboxylic acids is 2. The molecule has 7 nitrogen and oxygen atoms in total. The third-order valence-corrected chi connectivity index (χ3v) is 7.12. The highest BCUT2D eigenvalue weighted by molar-refractivity contribution is 7.90. The first-order chi connectivity index (χ1) is 15.8. The van der Waals surface area contributed by atoms with E-state index in [1.807, 2.05) is 16.9 Å². The fourth-order valence-electron chi connectivity index (χ4n) is 3.91. The van der Waals surface area contributed by atoms with Gasteiger partial charge in [0.05, 0.1) is 4.90 Å². The molecule has 1 aliphatic carbocycles. The molecule has 0 atom stereocenters. The van der Waals surface area contributed by atoms with Crippen molar-refractivity contribution in [3.63, 3.8) is 0 Å². The molecule has 1 aliphatic rings. The minimum absolute atomic E-state index is 0.0364. The van der Waals surface area contributed by atoms with Crippen molar-refractivity contribution in [2.45, 2.75) is 43.7 Å². The van der Waals surface area contributed by atoms with E-state index < -0.39 is 15.9 Å². The lowest BCUT2D eigenvalue weighted by molar-refractivity contribution is -0.117. The SMILES string of the molecule is CC(=O)NS(=O)(=O)c1ccc(NC(=O)CCN(Cc2cccc3ccccc23)C2CC2)cc1. The lowest BCUT2D eigenvalue weighted by Gasteiger charge is -2.22. The Hall–Kier alpha value is -3.23. The molecule has 1 fully saturated rings. The van der Waals surface area contributed by atoms with Gasteiger partial charge in [-0.1, -0.05) is 42.5 Å². The topological polar surface area (TPSA) is 95.6 Å². The van der Waals surface area contributed by atoms with Crippen molar-refractivity contribution in [1.29, 1.82) is 0 Å². The van der Waals surface area contributed by atoms with Crippen molar-refractivity contribution < 1.29 is 18.0 Å². The lowest BCUT2D eigenvalue weighted by atomic mass is 10.0. The molecule has 3 aromatic carbocycles. The lowest BCUT2D eigenvalue weighted by Crippen LogP contribution is -2.29. The summed E-state index contributed by atoms with van der Waals surface area (Å²) in [5, 5.41) is 5.28. The zero-order valence-electron chi connectivity index (χ0n) is 18.5. The highest BCUT2D eigenvalue weighted by Gasteiger charge is 2.29. The Labute approximate surface area is 193 Å². The van der Waals surface area contributed by atoms with Gasteiger partial charge in [0.2, 0.25) is 11.8 Å². The van der Waals surface area contributed by atoms with E-state index in [-0.39, 0.29) is 10.8 Å². The largest absolute Gasteiger partial charge is 0.326 e. The molecule has 0 spiro atoms. The van der Waals surface area contributed by atoms with E-state index in [1.54, 1.807) is 0 Å². The van der Waals surface area contributed by atoms with Gasteiger partial charge in [-0.05, 0) is 53.4 Å². The molecule has 2 amide bonds. The van der Waals surface area contributed by atoms with E-state index in [0.29, 0.717) is 24.7 Å². The second-order valence-corrected chi connectivity index (χ2v) is 10.0. The number of nitrogens with zero attached hydrogens (tertiary/aromatic N) is 1. The minimum atomic E-state index is -3.89. The van der Waals surface area contributed by atoms with Crippen LogP contribution < -0.4 is 10.0 Å². The average molecular weight is 466 g/mol. The number of hydrogen-bond acceptors (Lipinski definition) is 5. The molecular formula is C25H27N3O4S. The standard InChI is InChI=1S/C25H27N3O4S/c1-18(29)27-33(31,32)23-13-9-21(10-14-23)26-25(30)15-16-28(22-11-12-22)17-20-7-4-6-19-5-2-3-8-24(19)20/h2-10,13-14,22H,11-12,15-17H2,1H3,(H,26,30)(H,27,29). The van der Waals surface area contributed by atoms with Gasteiger partial charge in [0.15, 0.2) is 0 Å². The van der Waals surface area contributed by atoms with Crippen LogP contribution in [0.5, 0.6) is 0 Å². The zero-order chi connectivity index (χ0) is 23.4. The number of sulfonamides is 1. The van der Waals surface area contributed by atoms with Gasteiger partial charge in [0.1, 0.15) is 0 Å². The predicted molar refractivity (Wildman–Crippen MR) is 128 cm³/mol. The fourth-order valence-corrected chi connectivity index (χ4v) is 4.90. The molecule has 0 radical (unpaired) electrons. The summed E-state index contributed by atoms with van der Waals surface area (Å²) in [7, 11) is -3.89. The summed E-state index contributed by atoms with van der Waals surface area (Å²) in [5.41, 5.74) is 1.77. The molecule has 0 heterocycles. The number of benzene rings is 3. The summed E-state index contributed by atoms with van der Waals surface area (Å²) in [6.07, 6.45) is 2.64. The van der Waals surface area contributed by atoms with E-state index in [9.17, 15) is 18.0 Å². The van der Waals surface area contributed by atoms with Gasteiger partial charge in [0.25, 0.3) is 10.0 Å². The number of fused-ring (bicyclic) bond motifs is 1. The second kappa shape index (κ2) is 9.72. The van der Waals surface area contributed by atoms with Crippen molar-refractivity contribution in [2.75, 3.05) is 11.9 Å². The predicted octanol–water partition coefficient (Wildman–Crippen LogP) is 3.66. The van der Waals surface area contributed by atoms with Gasteiger partial charge < -0.3 is 5.32 Å². The van der Waals surface area contributed by atoms with E-state index in [4.69, 9.17) is 0 Å². The van der Waals surface area contributed by atoms with E-state index >= 15 is 0 Å². The van der Waals surface area contributed by atoms with Crippen LogP contribution in [0.2, 0.25) is 0 Å². The fraction of sp³-hybridized carbons (Fsp3) is 0.280.